The van der Waals surface area contributed by atoms with Crippen molar-refractivity contribution in [2.24, 2.45) is 17.8 Å². The van der Waals surface area contributed by atoms with Gasteiger partial charge in [-0.25, -0.2) is 0 Å². The molecule has 4 unspecified atom stereocenters. The maximum absolute atomic E-state index is 8.99. The van der Waals surface area contributed by atoms with Gasteiger partial charge in [-0.15, -0.1) is 0 Å². The number of hydrogen-bond acceptors (Lipinski definition) is 3. The van der Waals surface area contributed by atoms with Gasteiger partial charge in [0.15, 0.2) is 6.29 Å². The van der Waals surface area contributed by atoms with Gasteiger partial charge in [0.2, 0.25) is 0 Å². The summed E-state index contributed by atoms with van der Waals surface area (Å²) in [5.74, 6) is 2.13. The molecule has 0 amide bonds. The van der Waals surface area contributed by atoms with Crippen molar-refractivity contribution in [3.05, 3.63) is 0 Å². The lowest BCUT2D eigenvalue weighted by Gasteiger charge is -2.37. The van der Waals surface area contributed by atoms with E-state index in [1.165, 1.54) is 12.8 Å². The maximum atomic E-state index is 8.99. The second-order valence-electron chi connectivity index (χ2n) is 5.71. The minimum Gasteiger partial charge on any atom is -0.376 e. The fourth-order valence-corrected chi connectivity index (χ4v) is 2.72. The number of hydrogen-bond donors (Lipinski definition) is 1. The van der Waals surface area contributed by atoms with Gasteiger partial charge in [-0.1, -0.05) is 27.2 Å². The van der Waals surface area contributed by atoms with Crippen LogP contribution in [0.1, 0.15) is 47.0 Å². The van der Waals surface area contributed by atoms with E-state index in [2.05, 4.69) is 20.8 Å². The van der Waals surface area contributed by atoms with Crippen LogP contribution in [-0.4, -0.2) is 30.7 Å². The summed E-state index contributed by atoms with van der Waals surface area (Å²) >= 11 is 0. The first-order valence-corrected chi connectivity index (χ1v) is 6.92. The Morgan fingerprint density at radius 2 is 1.88 bits per heavy atom. The second-order valence-corrected chi connectivity index (χ2v) is 5.71. The van der Waals surface area contributed by atoms with E-state index < -0.39 is 6.29 Å². The summed E-state index contributed by atoms with van der Waals surface area (Å²) < 4.78 is 11.0. The summed E-state index contributed by atoms with van der Waals surface area (Å²) in [5.41, 5.74) is 0. The lowest BCUT2D eigenvalue weighted by molar-refractivity contribution is -0.118. The lowest BCUT2D eigenvalue weighted by atomic mass is 9.75. The van der Waals surface area contributed by atoms with Crippen LogP contribution in [0.2, 0.25) is 0 Å². The van der Waals surface area contributed by atoms with Crippen LogP contribution in [0.25, 0.3) is 0 Å². The molecule has 3 heteroatoms. The van der Waals surface area contributed by atoms with Gasteiger partial charge in [0, 0.05) is 0 Å². The van der Waals surface area contributed by atoms with Crippen molar-refractivity contribution in [1.82, 2.24) is 0 Å². The fourth-order valence-electron chi connectivity index (χ4n) is 2.72. The summed E-state index contributed by atoms with van der Waals surface area (Å²) in [6, 6.07) is 0. The van der Waals surface area contributed by atoms with Crippen molar-refractivity contribution >= 4 is 0 Å². The fraction of sp³-hybridized carbons (Fsp3) is 1.00. The molecule has 0 heterocycles. The Hall–Kier alpha value is -0.120. The molecule has 0 aromatic rings. The predicted octanol–water partition coefficient (Wildman–Crippen LogP) is 2.82. The molecule has 1 saturated carbocycles. The van der Waals surface area contributed by atoms with Crippen molar-refractivity contribution < 1.29 is 14.6 Å². The molecule has 0 radical (unpaired) electrons. The molecule has 102 valence electrons. The van der Waals surface area contributed by atoms with Gasteiger partial charge < -0.3 is 14.6 Å². The molecule has 0 aliphatic heterocycles. The third-order valence-corrected chi connectivity index (χ3v) is 3.74. The monoisotopic (exact) mass is 244 g/mol. The maximum Gasteiger partial charge on any atom is 0.151 e. The molecule has 1 fully saturated rings. The first-order valence-electron chi connectivity index (χ1n) is 6.92. The van der Waals surface area contributed by atoms with Crippen LogP contribution in [0.4, 0.5) is 0 Å². The molecule has 0 spiro atoms. The minimum absolute atomic E-state index is 0.372. The highest BCUT2D eigenvalue weighted by Crippen LogP contribution is 2.35. The summed E-state index contributed by atoms with van der Waals surface area (Å²) in [6.45, 7) is 9.56. The molecule has 0 aromatic heterocycles. The number of rotatable bonds is 6. The van der Waals surface area contributed by atoms with Crippen LogP contribution in [0.5, 0.6) is 0 Å². The minimum atomic E-state index is -0.690. The number of aliphatic hydroxyl groups excluding tert-OH is 1. The van der Waals surface area contributed by atoms with Crippen LogP contribution in [-0.2, 0) is 9.47 Å². The molecule has 4 atom stereocenters. The van der Waals surface area contributed by atoms with Gasteiger partial charge in [0.1, 0.15) is 0 Å². The average Bonchev–Trinajstić information content (AvgIpc) is 2.23. The highest BCUT2D eigenvalue weighted by molar-refractivity contribution is 4.81. The van der Waals surface area contributed by atoms with Crippen molar-refractivity contribution in [2.75, 3.05) is 13.2 Å². The Bertz CT molecular complexity index is 204. The van der Waals surface area contributed by atoms with E-state index in [1.54, 1.807) is 6.92 Å². The summed E-state index contributed by atoms with van der Waals surface area (Å²) in [5, 5.41) is 8.99. The van der Waals surface area contributed by atoms with Gasteiger partial charge in [0.25, 0.3) is 0 Å². The van der Waals surface area contributed by atoms with E-state index >= 15 is 0 Å². The topological polar surface area (TPSA) is 38.7 Å². The Morgan fingerprint density at radius 3 is 2.47 bits per heavy atom. The van der Waals surface area contributed by atoms with Crippen LogP contribution in [0.3, 0.4) is 0 Å². The molecule has 1 rings (SSSR count). The molecule has 0 bridgehead atoms. The molecule has 1 aliphatic carbocycles. The second kappa shape index (κ2) is 7.34. The average molecular weight is 244 g/mol. The third kappa shape index (κ3) is 5.36. The molecule has 1 N–H and O–H groups in total. The smallest absolute Gasteiger partial charge is 0.151 e. The zero-order valence-electron chi connectivity index (χ0n) is 11.7. The highest BCUT2D eigenvalue weighted by atomic mass is 16.6. The van der Waals surface area contributed by atoms with Crippen LogP contribution in [0.15, 0.2) is 0 Å². The van der Waals surface area contributed by atoms with Crippen LogP contribution < -0.4 is 0 Å². The number of aliphatic hydroxyl groups is 1. The molecular weight excluding hydrogens is 216 g/mol. The normalized spacial score (nSPS) is 31.8. The Morgan fingerprint density at radius 1 is 1.18 bits per heavy atom. The van der Waals surface area contributed by atoms with Gasteiger partial charge in [0.05, 0.1) is 19.3 Å². The van der Waals surface area contributed by atoms with Crippen LogP contribution >= 0.6 is 0 Å². The van der Waals surface area contributed by atoms with E-state index in [1.807, 2.05) is 0 Å². The molecule has 0 saturated heterocycles. The Labute approximate surface area is 105 Å². The van der Waals surface area contributed by atoms with Gasteiger partial charge >= 0.3 is 0 Å². The largest absolute Gasteiger partial charge is 0.376 e. The molecule has 0 aromatic carbocycles. The summed E-state index contributed by atoms with van der Waals surface area (Å²) in [6.07, 6.45) is 3.45. The van der Waals surface area contributed by atoms with E-state index in [-0.39, 0.29) is 0 Å². The van der Waals surface area contributed by atoms with Gasteiger partial charge in [-0.3, -0.25) is 0 Å². The van der Waals surface area contributed by atoms with Crippen molar-refractivity contribution in [3.63, 3.8) is 0 Å². The molecule has 1 aliphatic rings. The van der Waals surface area contributed by atoms with Crippen LogP contribution in [0, 0.1) is 17.8 Å². The summed E-state index contributed by atoms with van der Waals surface area (Å²) in [4.78, 5) is 0. The number of ether oxygens (including phenoxy) is 2. The third-order valence-electron chi connectivity index (χ3n) is 3.74. The Kier molecular flexibility index (Phi) is 6.45. The molecule has 17 heavy (non-hydrogen) atoms. The molecule has 3 nitrogen and oxygen atoms in total. The van der Waals surface area contributed by atoms with Crippen molar-refractivity contribution in [1.29, 1.82) is 0 Å². The van der Waals surface area contributed by atoms with E-state index in [9.17, 15) is 0 Å². The van der Waals surface area contributed by atoms with Gasteiger partial charge in [-0.05, 0) is 37.5 Å². The summed E-state index contributed by atoms with van der Waals surface area (Å²) in [7, 11) is 0. The highest BCUT2D eigenvalue weighted by Gasteiger charge is 2.31. The zero-order chi connectivity index (χ0) is 12.8. The molecular formula is C14H28O3. The van der Waals surface area contributed by atoms with E-state index in [0.29, 0.717) is 31.2 Å². The standard InChI is InChI=1S/C14H28O3/c1-10(2)13-6-5-11(3)9-14(13)17-8-7-16-12(4)15/h10-15H,5-9H2,1-4H3. The Balaban J connectivity index is 2.31. The van der Waals surface area contributed by atoms with Crippen molar-refractivity contribution in [3.8, 4) is 0 Å². The first kappa shape index (κ1) is 14.9. The lowest BCUT2D eigenvalue weighted by Crippen LogP contribution is -2.35. The van der Waals surface area contributed by atoms with Crippen molar-refractivity contribution in [2.45, 2.75) is 59.4 Å². The van der Waals surface area contributed by atoms with E-state index in [0.717, 1.165) is 12.3 Å². The van der Waals surface area contributed by atoms with E-state index in [4.69, 9.17) is 14.6 Å². The quantitative estimate of drug-likeness (QED) is 0.577. The zero-order valence-corrected chi connectivity index (χ0v) is 11.7. The SMILES string of the molecule is CC1CCC(C(C)C)C(OCCOC(C)O)C1. The first-order chi connectivity index (χ1) is 8.00. The van der Waals surface area contributed by atoms with Gasteiger partial charge in [-0.2, -0.15) is 0 Å². The predicted molar refractivity (Wildman–Crippen MR) is 68.7 cm³/mol.